The summed E-state index contributed by atoms with van der Waals surface area (Å²) >= 11 is 0. The van der Waals surface area contributed by atoms with E-state index in [0.717, 1.165) is 22.4 Å². The van der Waals surface area contributed by atoms with Gasteiger partial charge in [0.15, 0.2) is 0 Å². The molecule has 1 aliphatic heterocycles. The number of amides is 1. The second-order valence-electron chi connectivity index (χ2n) is 8.87. The third-order valence-corrected chi connectivity index (χ3v) is 5.95. The van der Waals surface area contributed by atoms with Crippen molar-refractivity contribution >= 4 is 23.1 Å². The molecule has 34 heavy (non-hydrogen) atoms. The van der Waals surface area contributed by atoms with Crippen LogP contribution in [-0.2, 0) is 9.59 Å². The van der Waals surface area contributed by atoms with Crippen LogP contribution in [0.1, 0.15) is 60.7 Å². The van der Waals surface area contributed by atoms with Gasteiger partial charge < -0.3 is 14.3 Å². The maximum absolute atomic E-state index is 13.3. The van der Waals surface area contributed by atoms with Crippen molar-refractivity contribution in [1.29, 1.82) is 0 Å². The Morgan fingerprint density at radius 1 is 1.09 bits per heavy atom. The molecule has 1 amide bonds. The Morgan fingerprint density at radius 3 is 2.38 bits per heavy atom. The Balaban J connectivity index is 1.91. The molecule has 6 heteroatoms. The fourth-order valence-electron chi connectivity index (χ4n) is 4.49. The Kier molecular flexibility index (Phi) is 6.33. The lowest BCUT2D eigenvalue weighted by molar-refractivity contribution is -0.132. The number of ether oxygens (including phenoxy) is 1. The largest absolute Gasteiger partial charge is 0.507 e. The molecule has 176 valence electrons. The first-order valence-electron chi connectivity index (χ1n) is 11.4. The van der Waals surface area contributed by atoms with Gasteiger partial charge >= 0.3 is 0 Å². The van der Waals surface area contributed by atoms with Crippen molar-refractivity contribution in [1.82, 2.24) is 0 Å². The van der Waals surface area contributed by atoms with E-state index in [9.17, 15) is 14.7 Å². The van der Waals surface area contributed by atoms with Gasteiger partial charge in [-0.1, -0.05) is 19.9 Å². The number of benzene rings is 2. The van der Waals surface area contributed by atoms with Crippen molar-refractivity contribution in [3.8, 4) is 5.75 Å². The highest BCUT2D eigenvalue weighted by Crippen LogP contribution is 2.43. The summed E-state index contributed by atoms with van der Waals surface area (Å²) in [6, 6.07) is 13.5. The van der Waals surface area contributed by atoms with E-state index < -0.39 is 17.7 Å². The molecule has 6 nitrogen and oxygen atoms in total. The first-order valence-corrected chi connectivity index (χ1v) is 11.4. The van der Waals surface area contributed by atoms with Gasteiger partial charge in [0.1, 0.15) is 23.3 Å². The second kappa shape index (κ2) is 9.21. The zero-order valence-corrected chi connectivity index (χ0v) is 20.1. The van der Waals surface area contributed by atoms with Crippen LogP contribution in [0.15, 0.2) is 64.8 Å². The minimum absolute atomic E-state index is 0.00187. The zero-order chi connectivity index (χ0) is 24.6. The molecule has 1 aromatic heterocycles. The van der Waals surface area contributed by atoms with E-state index in [1.807, 2.05) is 58.9 Å². The van der Waals surface area contributed by atoms with Crippen molar-refractivity contribution in [3.63, 3.8) is 0 Å². The molecule has 0 radical (unpaired) electrons. The molecule has 1 unspecified atom stereocenters. The number of ketones is 1. The molecule has 1 fully saturated rings. The van der Waals surface area contributed by atoms with Crippen LogP contribution in [0.3, 0.4) is 0 Å². The molecule has 0 saturated carbocycles. The molecular weight excluding hydrogens is 430 g/mol. The average molecular weight is 460 g/mol. The normalized spacial score (nSPS) is 17.6. The maximum atomic E-state index is 13.3. The number of aryl methyl sites for hydroxylation is 2. The van der Waals surface area contributed by atoms with Gasteiger partial charge in [0.05, 0.1) is 18.4 Å². The molecule has 1 saturated heterocycles. The first-order chi connectivity index (χ1) is 16.2. The molecule has 2 aromatic carbocycles. The average Bonchev–Trinajstić information content (AvgIpc) is 3.40. The van der Waals surface area contributed by atoms with E-state index in [4.69, 9.17) is 9.15 Å². The van der Waals surface area contributed by atoms with Gasteiger partial charge in [-0.05, 0) is 85.8 Å². The van der Waals surface area contributed by atoms with Crippen LogP contribution < -0.4 is 9.64 Å². The van der Waals surface area contributed by atoms with Crippen LogP contribution in [0.2, 0.25) is 0 Å². The molecular formula is C28H29NO5. The Labute approximate surface area is 199 Å². The molecule has 1 aliphatic rings. The molecule has 0 aliphatic carbocycles. The number of carbonyl (C=O) groups excluding carboxylic acids is 2. The molecule has 1 atom stereocenters. The SMILES string of the molecule is CCOc1ccc(/C(O)=C2/C(=O)C(=O)N(c3cc(C)cc(C)c3)C2c2ccco2)cc1C(C)C. The highest BCUT2D eigenvalue weighted by Gasteiger charge is 2.48. The minimum atomic E-state index is -0.884. The minimum Gasteiger partial charge on any atom is -0.507 e. The van der Waals surface area contributed by atoms with Crippen LogP contribution >= 0.6 is 0 Å². The summed E-state index contributed by atoms with van der Waals surface area (Å²) in [5.74, 6) is -0.437. The summed E-state index contributed by atoms with van der Waals surface area (Å²) in [6.07, 6.45) is 1.49. The number of hydrogen-bond donors (Lipinski definition) is 1. The fourth-order valence-corrected chi connectivity index (χ4v) is 4.49. The fraction of sp³-hybridized carbons (Fsp3) is 0.286. The number of carbonyl (C=O) groups is 2. The highest BCUT2D eigenvalue weighted by atomic mass is 16.5. The highest BCUT2D eigenvalue weighted by molar-refractivity contribution is 6.51. The molecule has 0 bridgehead atoms. The molecule has 4 rings (SSSR count). The summed E-state index contributed by atoms with van der Waals surface area (Å²) in [5, 5.41) is 11.4. The molecule has 1 N–H and O–H groups in total. The van der Waals surface area contributed by atoms with Gasteiger partial charge in [-0.3, -0.25) is 14.5 Å². The van der Waals surface area contributed by atoms with Crippen molar-refractivity contribution in [2.75, 3.05) is 11.5 Å². The number of Topliss-reactive ketones (excluding diaryl/α,β-unsaturated/α-hetero) is 1. The van der Waals surface area contributed by atoms with Crippen LogP contribution in [0.4, 0.5) is 5.69 Å². The van der Waals surface area contributed by atoms with Crippen molar-refractivity contribution in [2.24, 2.45) is 0 Å². The summed E-state index contributed by atoms with van der Waals surface area (Å²) in [7, 11) is 0. The number of rotatable bonds is 6. The number of aliphatic hydroxyl groups excluding tert-OH is 1. The third kappa shape index (κ3) is 4.12. The molecule has 0 spiro atoms. The number of anilines is 1. The zero-order valence-electron chi connectivity index (χ0n) is 20.1. The summed E-state index contributed by atoms with van der Waals surface area (Å²) < 4.78 is 11.4. The van der Waals surface area contributed by atoms with Gasteiger partial charge in [0.25, 0.3) is 11.7 Å². The van der Waals surface area contributed by atoms with E-state index in [1.165, 1.54) is 11.2 Å². The predicted molar refractivity (Wildman–Crippen MR) is 131 cm³/mol. The van der Waals surface area contributed by atoms with Gasteiger partial charge in [-0.15, -0.1) is 0 Å². The summed E-state index contributed by atoms with van der Waals surface area (Å²) in [6.45, 7) is 10.4. The summed E-state index contributed by atoms with van der Waals surface area (Å²) in [4.78, 5) is 28.0. The van der Waals surface area contributed by atoms with Crippen molar-refractivity contribution in [3.05, 3.63) is 88.4 Å². The molecule has 2 heterocycles. The van der Waals surface area contributed by atoms with E-state index in [2.05, 4.69) is 0 Å². The molecule has 3 aromatic rings. The van der Waals surface area contributed by atoms with Crippen molar-refractivity contribution < 1.29 is 23.8 Å². The van der Waals surface area contributed by atoms with Crippen LogP contribution in [-0.4, -0.2) is 23.4 Å². The van der Waals surface area contributed by atoms with Crippen LogP contribution in [0.5, 0.6) is 5.75 Å². The first kappa shape index (κ1) is 23.4. The quantitative estimate of drug-likeness (QED) is 0.276. The lowest BCUT2D eigenvalue weighted by Crippen LogP contribution is -2.29. The number of hydrogen-bond acceptors (Lipinski definition) is 5. The number of nitrogens with zero attached hydrogens (tertiary/aromatic N) is 1. The van der Waals surface area contributed by atoms with Crippen molar-refractivity contribution in [2.45, 2.75) is 46.6 Å². The Hall–Kier alpha value is -3.80. The van der Waals surface area contributed by atoms with Gasteiger partial charge in [-0.2, -0.15) is 0 Å². The van der Waals surface area contributed by atoms with Gasteiger partial charge in [0, 0.05) is 11.3 Å². The number of furan rings is 1. The smallest absolute Gasteiger partial charge is 0.300 e. The lowest BCUT2D eigenvalue weighted by atomic mass is 9.95. The lowest BCUT2D eigenvalue weighted by Gasteiger charge is -2.24. The predicted octanol–water partition coefficient (Wildman–Crippen LogP) is 6.04. The van der Waals surface area contributed by atoms with E-state index in [1.54, 1.807) is 24.3 Å². The van der Waals surface area contributed by atoms with E-state index in [0.29, 0.717) is 23.6 Å². The standard InChI is InChI=1S/C28H29NO5/c1-6-33-22-10-9-19(15-21(22)16(2)3)26(30)24-25(23-8-7-11-34-23)29(28(32)27(24)31)20-13-17(4)12-18(5)14-20/h7-16,25,30H,6H2,1-5H3/b26-24-. The topological polar surface area (TPSA) is 80.0 Å². The van der Waals surface area contributed by atoms with E-state index >= 15 is 0 Å². The number of aliphatic hydroxyl groups is 1. The second-order valence-corrected chi connectivity index (χ2v) is 8.87. The monoisotopic (exact) mass is 459 g/mol. The third-order valence-electron chi connectivity index (χ3n) is 5.95. The summed E-state index contributed by atoms with van der Waals surface area (Å²) in [5.41, 5.74) is 3.85. The van der Waals surface area contributed by atoms with Gasteiger partial charge in [-0.25, -0.2) is 0 Å². The maximum Gasteiger partial charge on any atom is 0.300 e. The Morgan fingerprint density at radius 2 is 1.79 bits per heavy atom. The van der Waals surface area contributed by atoms with Gasteiger partial charge in [0.2, 0.25) is 0 Å². The van der Waals surface area contributed by atoms with E-state index in [-0.39, 0.29) is 17.3 Å². The Bertz CT molecular complexity index is 1250. The van der Waals surface area contributed by atoms with Crippen LogP contribution in [0.25, 0.3) is 5.76 Å². The van der Waals surface area contributed by atoms with Crippen LogP contribution in [0, 0.1) is 13.8 Å².